The fourth-order valence-electron chi connectivity index (χ4n) is 1.68. The minimum absolute atomic E-state index is 0.0638. The van der Waals surface area contributed by atoms with E-state index in [1.54, 1.807) is 12.4 Å². The zero-order valence-electron chi connectivity index (χ0n) is 7.69. The SMILES string of the molecule is O[C@@H]1CCC[C@H]1Oc1cncc(Br)c1. The molecule has 14 heavy (non-hydrogen) atoms. The van der Waals surface area contributed by atoms with Gasteiger partial charge in [0.25, 0.3) is 0 Å². The Hall–Kier alpha value is -0.610. The molecule has 1 N–H and O–H groups in total. The molecule has 0 aliphatic heterocycles. The van der Waals surface area contributed by atoms with Crippen LogP contribution in [0.4, 0.5) is 0 Å². The van der Waals surface area contributed by atoms with Crippen LogP contribution in [0.5, 0.6) is 5.75 Å². The highest BCUT2D eigenvalue weighted by molar-refractivity contribution is 9.10. The third-order valence-corrected chi connectivity index (χ3v) is 2.82. The van der Waals surface area contributed by atoms with Crippen LogP contribution in [0.3, 0.4) is 0 Å². The van der Waals surface area contributed by atoms with Crippen molar-refractivity contribution in [3.05, 3.63) is 22.9 Å². The molecule has 2 rings (SSSR count). The van der Waals surface area contributed by atoms with Crippen molar-refractivity contribution in [2.24, 2.45) is 0 Å². The van der Waals surface area contributed by atoms with Crippen LogP contribution < -0.4 is 4.74 Å². The summed E-state index contributed by atoms with van der Waals surface area (Å²) in [4.78, 5) is 4.00. The molecule has 1 aliphatic carbocycles. The minimum Gasteiger partial charge on any atom is -0.486 e. The van der Waals surface area contributed by atoms with Crippen molar-refractivity contribution in [3.63, 3.8) is 0 Å². The number of aromatic nitrogens is 1. The molecule has 0 unspecified atom stereocenters. The van der Waals surface area contributed by atoms with Crippen LogP contribution in [0.15, 0.2) is 22.9 Å². The lowest BCUT2D eigenvalue weighted by molar-refractivity contribution is 0.0601. The molecule has 0 bridgehead atoms. The normalized spacial score (nSPS) is 26.4. The Morgan fingerprint density at radius 3 is 2.93 bits per heavy atom. The van der Waals surface area contributed by atoms with Crippen molar-refractivity contribution in [2.45, 2.75) is 31.5 Å². The average molecular weight is 258 g/mol. The maximum atomic E-state index is 9.56. The van der Waals surface area contributed by atoms with Crippen molar-refractivity contribution >= 4 is 15.9 Å². The summed E-state index contributed by atoms with van der Waals surface area (Å²) < 4.78 is 6.52. The van der Waals surface area contributed by atoms with Gasteiger partial charge in [0.1, 0.15) is 11.9 Å². The van der Waals surface area contributed by atoms with Gasteiger partial charge in [0.05, 0.1) is 12.3 Å². The molecule has 0 aromatic carbocycles. The molecule has 1 saturated carbocycles. The lowest BCUT2D eigenvalue weighted by atomic mass is 10.2. The van der Waals surface area contributed by atoms with Gasteiger partial charge in [0.2, 0.25) is 0 Å². The van der Waals surface area contributed by atoms with E-state index in [0.29, 0.717) is 5.75 Å². The summed E-state index contributed by atoms with van der Waals surface area (Å²) in [5.74, 6) is 0.713. The predicted octanol–water partition coefficient (Wildman–Crippen LogP) is 2.14. The van der Waals surface area contributed by atoms with E-state index in [1.165, 1.54) is 0 Å². The fourth-order valence-corrected chi connectivity index (χ4v) is 2.02. The van der Waals surface area contributed by atoms with E-state index in [1.807, 2.05) is 6.07 Å². The van der Waals surface area contributed by atoms with Gasteiger partial charge in [-0.15, -0.1) is 0 Å². The number of nitrogens with zero attached hydrogens (tertiary/aromatic N) is 1. The van der Waals surface area contributed by atoms with Crippen LogP contribution >= 0.6 is 15.9 Å². The zero-order valence-corrected chi connectivity index (χ0v) is 9.27. The second-order valence-electron chi connectivity index (χ2n) is 3.49. The second-order valence-corrected chi connectivity index (χ2v) is 4.41. The Morgan fingerprint density at radius 2 is 2.29 bits per heavy atom. The highest BCUT2D eigenvalue weighted by Crippen LogP contribution is 2.25. The average Bonchev–Trinajstić information content (AvgIpc) is 2.52. The third-order valence-electron chi connectivity index (χ3n) is 2.38. The quantitative estimate of drug-likeness (QED) is 0.883. The van der Waals surface area contributed by atoms with Gasteiger partial charge in [-0.25, -0.2) is 0 Å². The van der Waals surface area contributed by atoms with E-state index in [-0.39, 0.29) is 12.2 Å². The molecular formula is C10H12BrNO2. The Morgan fingerprint density at radius 1 is 1.43 bits per heavy atom. The first-order valence-electron chi connectivity index (χ1n) is 4.71. The summed E-state index contributed by atoms with van der Waals surface area (Å²) >= 11 is 3.32. The lowest BCUT2D eigenvalue weighted by Gasteiger charge is -2.16. The topological polar surface area (TPSA) is 42.4 Å². The summed E-state index contributed by atoms with van der Waals surface area (Å²) in [5.41, 5.74) is 0. The standard InChI is InChI=1S/C10H12BrNO2/c11-7-4-8(6-12-5-7)14-10-3-1-2-9(10)13/h4-6,9-10,13H,1-3H2/t9-,10-/m1/s1. The third kappa shape index (κ3) is 2.25. The van der Waals surface area contributed by atoms with Crippen molar-refractivity contribution in [1.29, 1.82) is 0 Å². The number of aliphatic hydroxyl groups is 1. The number of pyridine rings is 1. The largest absolute Gasteiger partial charge is 0.486 e. The molecule has 76 valence electrons. The molecule has 1 aliphatic rings. The van der Waals surface area contributed by atoms with Crippen LogP contribution in [0.2, 0.25) is 0 Å². The van der Waals surface area contributed by atoms with Gasteiger partial charge in [-0.3, -0.25) is 4.98 Å². The second kappa shape index (κ2) is 4.28. The Kier molecular flexibility index (Phi) is 3.03. The first-order chi connectivity index (χ1) is 6.75. The molecule has 0 spiro atoms. The van der Waals surface area contributed by atoms with E-state index >= 15 is 0 Å². The Bertz CT molecular complexity index is 319. The van der Waals surface area contributed by atoms with Crippen molar-refractivity contribution in [1.82, 2.24) is 4.98 Å². The van der Waals surface area contributed by atoms with Gasteiger partial charge < -0.3 is 9.84 Å². The molecule has 0 amide bonds. The van der Waals surface area contributed by atoms with Crippen molar-refractivity contribution < 1.29 is 9.84 Å². The van der Waals surface area contributed by atoms with Gasteiger partial charge in [0.15, 0.2) is 0 Å². The van der Waals surface area contributed by atoms with E-state index in [2.05, 4.69) is 20.9 Å². The number of hydrogen-bond acceptors (Lipinski definition) is 3. The molecule has 4 heteroatoms. The Labute approximate surface area is 91.2 Å². The number of hydrogen-bond donors (Lipinski definition) is 1. The van der Waals surface area contributed by atoms with E-state index in [9.17, 15) is 5.11 Å². The molecule has 2 atom stereocenters. The molecular weight excluding hydrogens is 246 g/mol. The molecule has 1 fully saturated rings. The van der Waals surface area contributed by atoms with Gasteiger partial charge in [-0.05, 0) is 41.3 Å². The van der Waals surface area contributed by atoms with Gasteiger partial charge in [0, 0.05) is 10.7 Å². The predicted molar refractivity (Wildman–Crippen MR) is 56.2 cm³/mol. The summed E-state index contributed by atoms with van der Waals surface area (Å²) in [6.07, 6.45) is 5.78. The smallest absolute Gasteiger partial charge is 0.139 e. The highest BCUT2D eigenvalue weighted by atomic mass is 79.9. The molecule has 1 aromatic heterocycles. The van der Waals surface area contributed by atoms with E-state index in [0.717, 1.165) is 23.7 Å². The van der Waals surface area contributed by atoms with Crippen LogP contribution in [-0.2, 0) is 0 Å². The summed E-state index contributed by atoms with van der Waals surface area (Å²) in [6, 6.07) is 1.86. The van der Waals surface area contributed by atoms with Gasteiger partial charge >= 0.3 is 0 Å². The van der Waals surface area contributed by atoms with Gasteiger partial charge in [-0.2, -0.15) is 0 Å². The van der Waals surface area contributed by atoms with E-state index < -0.39 is 0 Å². The molecule has 1 heterocycles. The minimum atomic E-state index is -0.325. The summed E-state index contributed by atoms with van der Waals surface area (Å²) in [6.45, 7) is 0. The first kappa shape index (κ1) is 9.93. The maximum Gasteiger partial charge on any atom is 0.139 e. The lowest BCUT2D eigenvalue weighted by Crippen LogP contribution is -2.25. The monoisotopic (exact) mass is 257 g/mol. The van der Waals surface area contributed by atoms with Crippen LogP contribution in [-0.4, -0.2) is 22.3 Å². The van der Waals surface area contributed by atoms with E-state index in [4.69, 9.17) is 4.74 Å². The zero-order chi connectivity index (χ0) is 9.97. The number of rotatable bonds is 2. The van der Waals surface area contributed by atoms with Crippen LogP contribution in [0.1, 0.15) is 19.3 Å². The number of aliphatic hydroxyl groups excluding tert-OH is 1. The molecule has 0 radical (unpaired) electrons. The van der Waals surface area contributed by atoms with Crippen molar-refractivity contribution in [2.75, 3.05) is 0 Å². The maximum absolute atomic E-state index is 9.56. The number of halogens is 1. The van der Waals surface area contributed by atoms with Gasteiger partial charge in [-0.1, -0.05) is 0 Å². The number of ether oxygens (including phenoxy) is 1. The molecule has 0 saturated heterocycles. The Balaban J connectivity index is 2.03. The molecule has 1 aromatic rings. The highest BCUT2D eigenvalue weighted by Gasteiger charge is 2.26. The first-order valence-corrected chi connectivity index (χ1v) is 5.50. The van der Waals surface area contributed by atoms with Crippen LogP contribution in [0, 0.1) is 0 Å². The van der Waals surface area contributed by atoms with Crippen molar-refractivity contribution in [3.8, 4) is 5.75 Å². The summed E-state index contributed by atoms with van der Waals surface area (Å²) in [5, 5.41) is 9.56. The molecule has 3 nitrogen and oxygen atoms in total. The fraction of sp³-hybridized carbons (Fsp3) is 0.500. The van der Waals surface area contributed by atoms with Crippen LogP contribution in [0.25, 0.3) is 0 Å². The summed E-state index contributed by atoms with van der Waals surface area (Å²) in [7, 11) is 0.